The molecular weight excluding hydrogens is 244 g/mol. The first kappa shape index (κ1) is 15.7. The lowest BCUT2D eigenvalue weighted by Gasteiger charge is -2.36. The number of rotatable bonds is 6. The van der Waals surface area contributed by atoms with Crippen LogP contribution < -0.4 is 10.6 Å². The largest absolute Gasteiger partial charge is 0.382 e. The Morgan fingerprint density at radius 1 is 1.44 bits per heavy atom. The zero-order valence-corrected chi connectivity index (χ0v) is 12.9. The molecule has 1 saturated carbocycles. The highest BCUT2D eigenvalue weighted by Gasteiger charge is 2.27. The molecule has 0 radical (unpaired) electrons. The fourth-order valence-electron chi connectivity index (χ4n) is 2.58. The van der Waals surface area contributed by atoms with E-state index in [9.17, 15) is 0 Å². The van der Waals surface area contributed by atoms with Crippen LogP contribution in [0.2, 0.25) is 0 Å². The van der Waals surface area contributed by atoms with Gasteiger partial charge in [-0.15, -0.1) is 0 Å². The summed E-state index contributed by atoms with van der Waals surface area (Å²) in [7, 11) is 0. The number of nitrogens with one attached hydrogen (secondary N) is 2. The Labute approximate surface area is 117 Å². The van der Waals surface area contributed by atoms with Crippen molar-refractivity contribution >= 4 is 17.3 Å². The summed E-state index contributed by atoms with van der Waals surface area (Å²) in [6.45, 7) is 9.20. The molecule has 1 rings (SSSR count). The predicted molar refractivity (Wildman–Crippen MR) is 80.9 cm³/mol. The van der Waals surface area contributed by atoms with Crippen molar-refractivity contribution in [1.82, 2.24) is 10.6 Å². The van der Waals surface area contributed by atoms with Gasteiger partial charge in [0.05, 0.1) is 0 Å². The average Bonchev–Trinajstić information content (AvgIpc) is 2.27. The molecule has 0 aliphatic heterocycles. The van der Waals surface area contributed by atoms with Crippen molar-refractivity contribution in [3.05, 3.63) is 0 Å². The van der Waals surface area contributed by atoms with E-state index in [1.807, 2.05) is 6.92 Å². The first-order valence-corrected chi connectivity index (χ1v) is 7.56. The van der Waals surface area contributed by atoms with Crippen LogP contribution in [0.15, 0.2) is 0 Å². The van der Waals surface area contributed by atoms with Gasteiger partial charge in [-0.2, -0.15) is 0 Å². The smallest absolute Gasteiger partial charge is 0.166 e. The molecule has 1 aliphatic rings. The van der Waals surface area contributed by atoms with Crippen LogP contribution in [0.25, 0.3) is 0 Å². The quantitative estimate of drug-likeness (QED) is 0.575. The van der Waals surface area contributed by atoms with Crippen LogP contribution in [-0.2, 0) is 4.74 Å². The summed E-state index contributed by atoms with van der Waals surface area (Å²) in [5.41, 5.74) is 0.459. The van der Waals surface area contributed by atoms with E-state index in [0.717, 1.165) is 31.3 Å². The minimum Gasteiger partial charge on any atom is -0.382 e. The summed E-state index contributed by atoms with van der Waals surface area (Å²) in [4.78, 5) is 0. The van der Waals surface area contributed by atoms with Crippen molar-refractivity contribution in [3.8, 4) is 0 Å². The fourth-order valence-corrected chi connectivity index (χ4v) is 2.85. The Kier molecular flexibility index (Phi) is 6.94. The molecule has 18 heavy (non-hydrogen) atoms. The summed E-state index contributed by atoms with van der Waals surface area (Å²) < 4.78 is 5.29. The van der Waals surface area contributed by atoms with Gasteiger partial charge >= 0.3 is 0 Å². The van der Waals surface area contributed by atoms with Crippen LogP contribution >= 0.6 is 12.2 Å². The van der Waals surface area contributed by atoms with Crippen molar-refractivity contribution < 1.29 is 4.74 Å². The maximum absolute atomic E-state index is 5.32. The fraction of sp³-hybridized carbons (Fsp3) is 0.929. The third-order valence-electron chi connectivity index (χ3n) is 3.50. The van der Waals surface area contributed by atoms with Gasteiger partial charge in [-0.3, -0.25) is 0 Å². The third-order valence-corrected chi connectivity index (χ3v) is 3.76. The zero-order valence-electron chi connectivity index (χ0n) is 12.1. The highest BCUT2D eigenvalue weighted by Crippen LogP contribution is 2.34. The standard InChI is InChI=1S/C14H28N2OS/c1-4-17-10-6-9-15-13(18)16-12-7-5-8-14(2,3)11-12/h12H,4-11H2,1-3H3,(H2,15,16,18). The Hall–Kier alpha value is -0.350. The van der Waals surface area contributed by atoms with Crippen LogP contribution in [0.4, 0.5) is 0 Å². The maximum atomic E-state index is 5.32. The minimum atomic E-state index is 0.459. The second kappa shape index (κ2) is 7.95. The molecule has 2 N–H and O–H groups in total. The highest BCUT2D eigenvalue weighted by atomic mass is 32.1. The van der Waals surface area contributed by atoms with Crippen molar-refractivity contribution in [1.29, 1.82) is 0 Å². The van der Waals surface area contributed by atoms with E-state index in [1.165, 1.54) is 25.7 Å². The van der Waals surface area contributed by atoms with E-state index in [-0.39, 0.29) is 0 Å². The van der Waals surface area contributed by atoms with Crippen LogP contribution in [0.3, 0.4) is 0 Å². The molecule has 4 heteroatoms. The van der Waals surface area contributed by atoms with Crippen molar-refractivity contribution in [3.63, 3.8) is 0 Å². The van der Waals surface area contributed by atoms with Crippen LogP contribution in [0.1, 0.15) is 52.9 Å². The second-order valence-corrected chi connectivity index (χ2v) is 6.32. The number of thiocarbonyl (C=S) groups is 1. The lowest BCUT2D eigenvalue weighted by Crippen LogP contribution is -2.45. The topological polar surface area (TPSA) is 33.3 Å². The summed E-state index contributed by atoms with van der Waals surface area (Å²) >= 11 is 5.32. The van der Waals surface area contributed by atoms with Crippen molar-refractivity contribution in [2.45, 2.75) is 58.9 Å². The first-order valence-electron chi connectivity index (χ1n) is 7.15. The van der Waals surface area contributed by atoms with Crippen molar-refractivity contribution in [2.75, 3.05) is 19.8 Å². The number of ether oxygens (including phenoxy) is 1. The molecule has 1 unspecified atom stereocenters. The monoisotopic (exact) mass is 272 g/mol. The Balaban J connectivity index is 2.12. The van der Waals surface area contributed by atoms with Gasteiger partial charge in [-0.25, -0.2) is 0 Å². The van der Waals surface area contributed by atoms with E-state index in [4.69, 9.17) is 17.0 Å². The Morgan fingerprint density at radius 2 is 2.22 bits per heavy atom. The van der Waals surface area contributed by atoms with Gasteiger partial charge in [-0.1, -0.05) is 20.3 Å². The Bertz CT molecular complexity index is 256. The van der Waals surface area contributed by atoms with Crippen LogP contribution in [-0.4, -0.2) is 30.9 Å². The average molecular weight is 272 g/mol. The molecule has 0 aromatic heterocycles. The van der Waals surface area contributed by atoms with E-state index < -0.39 is 0 Å². The summed E-state index contributed by atoms with van der Waals surface area (Å²) in [6.07, 6.45) is 6.10. The van der Waals surface area contributed by atoms with Crippen LogP contribution in [0.5, 0.6) is 0 Å². The van der Waals surface area contributed by atoms with Gasteiger partial charge in [0.2, 0.25) is 0 Å². The molecule has 1 aliphatic carbocycles. The zero-order chi connectivity index (χ0) is 13.4. The summed E-state index contributed by atoms with van der Waals surface area (Å²) in [5, 5.41) is 7.50. The van der Waals surface area contributed by atoms with Gasteiger partial charge in [0.25, 0.3) is 0 Å². The maximum Gasteiger partial charge on any atom is 0.166 e. The van der Waals surface area contributed by atoms with Gasteiger partial charge in [0.15, 0.2) is 5.11 Å². The highest BCUT2D eigenvalue weighted by molar-refractivity contribution is 7.80. The molecule has 3 nitrogen and oxygen atoms in total. The van der Waals surface area contributed by atoms with Crippen LogP contribution in [0, 0.1) is 5.41 Å². The lowest BCUT2D eigenvalue weighted by atomic mass is 9.75. The first-order chi connectivity index (χ1) is 8.53. The number of hydrogen-bond acceptors (Lipinski definition) is 2. The van der Waals surface area contributed by atoms with Crippen molar-refractivity contribution in [2.24, 2.45) is 5.41 Å². The Morgan fingerprint density at radius 3 is 2.89 bits per heavy atom. The molecule has 0 bridgehead atoms. The SMILES string of the molecule is CCOCCCNC(=S)NC1CCCC(C)(C)C1. The third kappa shape index (κ3) is 6.55. The molecule has 0 aromatic rings. The molecular formula is C14H28N2OS. The molecule has 0 aromatic carbocycles. The summed E-state index contributed by atoms with van der Waals surface area (Å²) in [5.74, 6) is 0. The molecule has 0 spiro atoms. The van der Waals surface area contributed by atoms with Gasteiger partial charge < -0.3 is 15.4 Å². The predicted octanol–water partition coefficient (Wildman–Crippen LogP) is 2.85. The molecule has 1 atom stereocenters. The van der Waals surface area contributed by atoms with E-state index >= 15 is 0 Å². The lowest BCUT2D eigenvalue weighted by molar-refractivity contribution is 0.145. The molecule has 1 fully saturated rings. The molecule has 0 heterocycles. The molecule has 0 amide bonds. The van der Waals surface area contributed by atoms with Gasteiger partial charge in [0, 0.05) is 25.8 Å². The van der Waals surface area contributed by atoms with E-state index in [2.05, 4.69) is 24.5 Å². The van der Waals surface area contributed by atoms with E-state index in [0.29, 0.717) is 11.5 Å². The number of hydrogen-bond donors (Lipinski definition) is 2. The minimum absolute atomic E-state index is 0.459. The van der Waals surface area contributed by atoms with Gasteiger partial charge in [0.1, 0.15) is 0 Å². The van der Waals surface area contributed by atoms with Gasteiger partial charge in [-0.05, 0) is 50.2 Å². The second-order valence-electron chi connectivity index (χ2n) is 5.91. The summed E-state index contributed by atoms with van der Waals surface area (Å²) in [6, 6.07) is 0.542. The molecule has 0 saturated heterocycles. The normalized spacial score (nSPS) is 22.5. The van der Waals surface area contributed by atoms with E-state index in [1.54, 1.807) is 0 Å². The molecule has 106 valence electrons.